The average molecular weight is 244 g/mol. The summed E-state index contributed by atoms with van der Waals surface area (Å²) in [5, 5.41) is 4.16. The van der Waals surface area contributed by atoms with Gasteiger partial charge in [0.05, 0.1) is 0 Å². The van der Waals surface area contributed by atoms with Gasteiger partial charge in [0.2, 0.25) is 0 Å². The van der Waals surface area contributed by atoms with Crippen LogP contribution < -0.4 is 5.32 Å². The lowest BCUT2D eigenvalue weighted by atomic mass is 10.1. The molecule has 1 heterocycles. The summed E-state index contributed by atoms with van der Waals surface area (Å²) in [6, 6.07) is 8.14. The number of fused-ring (bicyclic) bond motifs is 1. The van der Waals surface area contributed by atoms with Crippen LogP contribution in [-0.2, 0) is 7.05 Å². The lowest BCUT2D eigenvalue weighted by Crippen LogP contribution is -2.33. The molecule has 1 aromatic carbocycles. The van der Waals surface area contributed by atoms with E-state index >= 15 is 0 Å². The van der Waals surface area contributed by atoms with E-state index in [1.807, 2.05) is 37.5 Å². The quantitative estimate of drug-likeness (QED) is 0.881. The molecule has 18 heavy (non-hydrogen) atoms. The van der Waals surface area contributed by atoms with E-state index in [1.54, 1.807) is 0 Å². The fraction of sp³-hybridized carbons (Fsp3) is 0.400. The van der Waals surface area contributed by atoms with E-state index in [0.717, 1.165) is 29.3 Å². The molecule has 3 nitrogen and oxygen atoms in total. The minimum absolute atomic E-state index is 0.0226. The van der Waals surface area contributed by atoms with E-state index in [1.165, 1.54) is 0 Å². The number of rotatable bonds is 4. The fourth-order valence-electron chi connectivity index (χ4n) is 2.18. The van der Waals surface area contributed by atoms with Crippen molar-refractivity contribution < 1.29 is 4.79 Å². The fourth-order valence-corrected chi connectivity index (χ4v) is 2.18. The summed E-state index contributed by atoms with van der Waals surface area (Å²) in [6.45, 7) is 4.18. The molecular formula is C15H20N2O. The van der Waals surface area contributed by atoms with Crippen LogP contribution in [0.5, 0.6) is 0 Å². The minimum Gasteiger partial charge on any atom is -0.351 e. The molecule has 2 rings (SSSR count). The van der Waals surface area contributed by atoms with Gasteiger partial charge < -0.3 is 9.88 Å². The van der Waals surface area contributed by atoms with Gasteiger partial charge in [0.1, 0.15) is 0 Å². The molecule has 0 aliphatic carbocycles. The summed E-state index contributed by atoms with van der Waals surface area (Å²) in [5.41, 5.74) is 1.88. The molecule has 0 radical (unpaired) electrons. The Kier molecular flexibility index (Phi) is 3.70. The van der Waals surface area contributed by atoms with E-state index in [2.05, 4.69) is 23.7 Å². The van der Waals surface area contributed by atoms with Gasteiger partial charge in [-0.25, -0.2) is 0 Å². The summed E-state index contributed by atoms with van der Waals surface area (Å²) in [7, 11) is 2.01. The number of carbonyl (C=O) groups excluding carboxylic acids is 1. The molecule has 0 saturated heterocycles. The van der Waals surface area contributed by atoms with Crippen molar-refractivity contribution in [1.29, 1.82) is 0 Å². The summed E-state index contributed by atoms with van der Waals surface area (Å²) in [6.07, 6.45) is 3.94. The summed E-state index contributed by atoms with van der Waals surface area (Å²) in [4.78, 5) is 12.1. The second-order valence-electron chi connectivity index (χ2n) is 4.69. The van der Waals surface area contributed by atoms with Gasteiger partial charge in [-0.3, -0.25) is 4.79 Å². The van der Waals surface area contributed by atoms with Gasteiger partial charge in [0.15, 0.2) is 0 Å². The van der Waals surface area contributed by atoms with E-state index < -0.39 is 0 Å². The summed E-state index contributed by atoms with van der Waals surface area (Å²) < 4.78 is 2.05. The lowest BCUT2D eigenvalue weighted by molar-refractivity contribution is 0.0935. The van der Waals surface area contributed by atoms with E-state index in [-0.39, 0.29) is 11.9 Å². The van der Waals surface area contributed by atoms with Crippen LogP contribution >= 0.6 is 0 Å². The van der Waals surface area contributed by atoms with Gasteiger partial charge in [0, 0.05) is 35.8 Å². The number of nitrogens with zero attached hydrogens (tertiary/aromatic N) is 1. The summed E-state index contributed by atoms with van der Waals surface area (Å²) in [5.74, 6) is 0.0226. The van der Waals surface area contributed by atoms with Crippen LogP contribution in [-0.4, -0.2) is 16.5 Å². The van der Waals surface area contributed by atoms with Crippen LogP contribution in [0.25, 0.3) is 10.9 Å². The Morgan fingerprint density at radius 2 is 2.00 bits per heavy atom. The molecule has 0 atom stereocenters. The Morgan fingerprint density at radius 1 is 1.28 bits per heavy atom. The van der Waals surface area contributed by atoms with Crippen molar-refractivity contribution >= 4 is 16.8 Å². The zero-order chi connectivity index (χ0) is 13.1. The van der Waals surface area contributed by atoms with Crippen LogP contribution in [0.2, 0.25) is 0 Å². The molecule has 0 bridgehead atoms. The van der Waals surface area contributed by atoms with Crippen molar-refractivity contribution in [3.05, 3.63) is 36.0 Å². The molecule has 0 saturated carbocycles. The average Bonchev–Trinajstić information content (AvgIpc) is 2.77. The van der Waals surface area contributed by atoms with Crippen LogP contribution in [0.4, 0.5) is 0 Å². The van der Waals surface area contributed by atoms with Crippen LogP contribution in [0.3, 0.4) is 0 Å². The first kappa shape index (κ1) is 12.7. The largest absolute Gasteiger partial charge is 0.351 e. The molecule has 0 aliphatic rings. The monoisotopic (exact) mass is 244 g/mol. The van der Waals surface area contributed by atoms with E-state index in [4.69, 9.17) is 0 Å². The van der Waals surface area contributed by atoms with E-state index in [9.17, 15) is 4.79 Å². The molecule has 1 aromatic heterocycles. The molecule has 0 fully saturated rings. The second kappa shape index (κ2) is 5.25. The number of nitrogens with one attached hydrogen (secondary N) is 1. The molecule has 0 aliphatic heterocycles. The Balaban J connectivity index is 2.22. The third-order valence-electron chi connectivity index (χ3n) is 3.47. The number of aromatic nitrogens is 1. The van der Waals surface area contributed by atoms with Crippen LogP contribution in [0.1, 0.15) is 37.0 Å². The Morgan fingerprint density at radius 3 is 2.67 bits per heavy atom. The first-order valence-corrected chi connectivity index (χ1v) is 6.51. The Hall–Kier alpha value is -1.77. The number of benzene rings is 1. The maximum Gasteiger partial charge on any atom is 0.251 e. The van der Waals surface area contributed by atoms with Gasteiger partial charge in [0.25, 0.3) is 5.91 Å². The highest BCUT2D eigenvalue weighted by Crippen LogP contribution is 2.16. The third kappa shape index (κ3) is 2.40. The summed E-state index contributed by atoms with van der Waals surface area (Å²) >= 11 is 0. The highest BCUT2D eigenvalue weighted by Gasteiger charge is 2.11. The number of aryl methyl sites for hydroxylation is 1. The molecule has 96 valence electrons. The lowest BCUT2D eigenvalue weighted by Gasteiger charge is -2.14. The molecule has 1 N–H and O–H groups in total. The van der Waals surface area contributed by atoms with Crippen LogP contribution in [0, 0.1) is 0 Å². The number of hydrogen-bond acceptors (Lipinski definition) is 1. The normalized spacial score (nSPS) is 11.1. The maximum atomic E-state index is 12.1. The van der Waals surface area contributed by atoms with Crippen molar-refractivity contribution in [1.82, 2.24) is 9.88 Å². The van der Waals surface area contributed by atoms with Crippen LogP contribution in [0.15, 0.2) is 30.5 Å². The maximum absolute atomic E-state index is 12.1. The van der Waals surface area contributed by atoms with Crippen molar-refractivity contribution in [2.75, 3.05) is 0 Å². The minimum atomic E-state index is 0.0226. The number of carbonyl (C=O) groups is 1. The zero-order valence-electron chi connectivity index (χ0n) is 11.2. The molecule has 0 spiro atoms. The van der Waals surface area contributed by atoms with Gasteiger partial charge in [-0.1, -0.05) is 13.8 Å². The highest BCUT2D eigenvalue weighted by atomic mass is 16.1. The van der Waals surface area contributed by atoms with Crippen molar-refractivity contribution in [2.24, 2.45) is 7.05 Å². The van der Waals surface area contributed by atoms with Crippen molar-refractivity contribution in [3.8, 4) is 0 Å². The van der Waals surface area contributed by atoms with E-state index in [0.29, 0.717) is 0 Å². The predicted molar refractivity (Wildman–Crippen MR) is 74.8 cm³/mol. The highest BCUT2D eigenvalue weighted by molar-refractivity contribution is 5.98. The Bertz CT molecular complexity index is 553. The first-order valence-electron chi connectivity index (χ1n) is 6.51. The van der Waals surface area contributed by atoms with Gasteiger partial charge in [-0.15, -0.1) is 0 Å². The van der Waals surface area contributed by atoms with Gasteiger partial charge in [-0.05, 0) is 37.1 Å². The zero-order valence-corrected chi connectivity index (χ0v) is 11.2. The van der Waals surface area contributed by atoms with Crippen molar-refractivity contribution in [2.45, 2.75) is 32.7 Å². The standard InChI is InChI=1S/C15H20N2O/c1-4-13(5-2)16-15(18)12-6-7-14-11(10-12)8-9-17(14)3/h6-10,13H,4-5H2,1-3H3,(H,16,18). The molecule has 1 amide bonds. The SMILES string of the molecule is CCC(CC)NC(=O)c1ccc2c(ccn2C)c1. The number of hydrogen-bond donors (Lipinski definition) is 1. The molecule has 3 heteroatoms. The number of amides is 1. The topological polar surface area (TPSA) is 34.0 Å². The first-order chi connectivity index (χ1) is 8.65. The predicted octanol–water partition coefficient (Wildman–Crippen LogP) is 3.10. The molecule has 0 unspecified atom stereocenters. The van der Waals surface area contributed by atoms with Gasteiger partial charge >= 0.3 is 0 Å². The third-order valence-corrected chi connectivity index (χ3v) is 3.47. The Labute approximate surface area is 108 Å². The second-order valence-corrected chi connectivity index (χ2v) is 4.69. The van der Waals surface area contributed by atoms with Crippen molar-refractivity contribution in [3.63, 3.8) is 0 Å². The van der Waals surface area contributed by atoms with Gasteiger partial charge in [-0.2, -0.15) is 0 Å². The smallest absolute Gasteiger partial charge is 0.251 e. The molecule has 2 aromatic rings. The molecular weight excluding hydrogens is 224 g/mol.